The molecule has 2 heteroatoms. The molecule has 1 saturated carbocycles. The Labute approximate surface area is 367 Å². The van der Waals surface area contributed by atoms with Crippen molar-refractivity contribution in [3.05, 3.63) is 212 Å². The van der Waals surface area contributed by atoms with E-state index in [0.29, 0.717) is 5.92 Å². The van der Waals surface area contributed by atoms with Crippen LogP contribution in [0.3, 0.4) is 0 Å². The third-order valence-corrected chi connectivity index (χ3v) is 14.6. The molecule has 1 heterocycles. The fourth-order valence-corrected chi connectivity index (χ4v) is 11.8. The molecular formula is C60H45NS. The molecule has 296 valence electrons. The fourth-order valence-electron chi connectivity index (χ4n) is 10.6. The lowest BCUT2D eigenvalue weighted by Gasteiger charge is -2.31. The van der Waals surface area contributed by atoms with E-state index in [9.17, 15) is 0 Å². The summed E-state index contributed by atoms with van der Waals surface area (Å²) >= 11 is 1.88. The number of benzene rings is 10. The Morgan fingerprint density at radius 2 is 0.935 bits per heavy atom. The zero-order valence-electron chi connectivity index (χ0n) is 34.6. The van der Waals surface area contributed by atoms with E-state index < -0.39 is 0 Å². The lowest BCUT2D eigenvalue weighted by Crippen LogP contribution is -2.12. The first kappa shape index (κ1) is 36.8. The number of para-hydroxylation sites is 2. The van der Waals surface area contributed by atoms with Crippen molar-refractivity contribution in [2.75, 3.05) is 4.90 Å². The van der Waals surface area contributed by atoms with Crippen molar-refractivity contribution < 1.29 is 0 Å². The second-order valence-corrected chi connectivity index (χ2v) is 18.1. The van der Waals surface area contributed by atoms with E-state index in [-0.39, 0.29) is 0 Å². The van der Waals surface area contributed by atoms with Gasteiger partial charge in [0.2, 0.25) is 0 Å². The highest BCUT2D eigenvalue weighted by Gasteiger charge is 2.25. The Hall–Kier alpha value is -7.00. The molecule has 0 aliphatic heterocycles. The lowest BCUT2D eigenvalue weighted by atomic mass is 9.80. The molecule has 1 nitrogen and oxygen atoms in total. The summed E-state index contributed by atoms with van der Waals surface area (Å²) in [4.78, 5) is 2.52. The minimum atomic E-state index is 0.581. The maximum atomic E-state index is 2.52. The standard InChI is InChI=1S/C60H45NS/c1-2-16-40(17-3-1)46-25-12-19-43-20-13-29-53(59(43)46)52-23-7-10-31-56(52)61(44-37-34-42(35-38-44)47-26-15-33-58-60(47)54-24-8-11-32-57(54)62-58)55-30-9-6-22-51(55)49-28-14-27-48-45-21-5-4-18-41(45)36-39-50(48)49/h4-15,18-40H,1-3,16-17H2. The molecule has 62 heavy (non-hydrogen) atoms. The zero-order valence-corrected chi connectivity index (χ0v) is 35.4. The van der Waals surface area contributed by atoms with Crippen LogP contribution in [-0.2, 0) is 0 Å². The van der Waals surface area contributed by atoms with Crippen molar-refractivity contribution in [2.24, 2.45) is 0 Å². The smallest absolute Gasteiger partial charge is 0.0540 e. The molecule has 0 bridgehead atoms. The SMILES string of the molecule is c1ccc(N(c2ccc(-c3cccc4sc5ccccc5c34)cc2)c2ccccc2-c2cccc3cccc(C4CCCCC4)c23)c(-c2cccc3c2ccc2ccccc23)c1. The minimum Gasteiger partial charge on any atom is -0.309 e. The van der Waals surface area contributed by atoms with Crippen LogP contribution in [0.5, 0.6) is 0 Å². The van der Waals surface area contributed by atoms with Crippen LogP contribution < -0.4 is 4.90 Å². The van der Waals surface area contributed by atoms with Crippen LogP contribution in [0.2, 0.25) is 0 Å². The fraction of sp³-hybridized carbons (Fsp3) is 0.100. The van der Waals surface area contributed by atoms with Gasteiger partial charge in [0, 0.05) is 37.0 Å². The quantitative estimate of drug-likeness (QED) is 0.145. The van der Waals surface area contributed by atoms with Crippen LogP contribution >= 0.6 is 11.3 Å². The van der Waals surface area contributed by atoms with Crippen molar-refractivity contribution in [3.8, 4) is 33.4 Å². The first-order chi connectivity index (χ1) is 30.8. The van der Waals surface area contributed by atoms with Crippen LogP contribution in [0.15, 0.2) is 206 Å². The van der Waals surface area contributed by atoms with Crippen molar-refractivity contribution in [1.82, 2.24) is 0 Å². The Morgan fingerprint density at radius 1 is 0.355 bits per heavy atom. The molecule has 0 N–H and O–H groups in total. The van der Waals surface area contributed by atoms with E-state index >= 15 is 0 Å². The van der Waals surface area contributed by atoms with Crippen LogP contribution in [0.25, 0.3) is 85.9 Å². The molecule has 0 amide bonds. The van der Waals surface area contributed by atoms with Crippen molar-refractivity contribution in [3.63, 3.8) is 0 Å². The number of thiophene rings is 1. The largest absolute Gasteiger partial charge is 0.309 e. The van der Waals surface area contributed by atoms with Crippen LogP contribution in [0.4, 0.5) is 17.1 Å². The molecule has 1 aromatic heterocycles. The van der Waals surface area contributed by atoms with Gasteiger partial charge in [-0.1, -0.05) is 189 Å². The molecule has 1 fully saturated rings. The maximum Gasteiger partial charge on any atom is 0.0540 e. The van der Waals surface area contributed by atoms with E-state index in [1.165, 1.54) is 124 Å². The van der Waals surface area contributed by atoms with E-state index in [4.69, 9.17) is 0 Å². The predicted octanol–water partition coefficient (Wildman–Crippen LogP) is 18.0. The second-order valence-electron chi connectivity index (χ2n) is 17.0. The molecular weight excluding hydrogens is 767 g/mol. The Bertz CT molecular complexity index is 3450. The van der Waals surface area contributed by atoms with E-state index in [2.05, 4.69) is 211 Å². The van der Waals surface area contributed by atoms with Gasteiger partial charge in [0.15, 0.2) is 0 Å². The molecule has 1 aliphatic carbocycles. The Morgan fingerprint density at radius 3 is 1.76 bits per heavy atom. The molecule has 0 spiro atoms. The second kappa shape index (κ2) is 15.5. The topological polar surface area (TPSA) is 3.24 Å². The zero-order chi connectivity index (χ0) is 41.0. The van der Waals surface area contributed by atoms with Gasteiger partial charge >= 0.3 is 0 Å². The van der Waals surface area contributed by atoms with Crippen molar-refractivity contribution in [1.29, 1.82) is 0 Å². The van der Waals surface area contributed by atoms with E-state index in [1.54, 1.807) is 0 Å². The molecule has 1 aliphatic rings. The minimum absolute atomic E-state index is 0.581. The molecule has 0 atom stereocenters. The van der Waals surface area contributed by atoms with Gasteiger partial charge in [-0.2, -0.15) is 0 Å². The van der Waals surface area contributed by atoms with Gasteiger partial charge < -0.3 is 4.90 Å². The highest BCUT2D eigenvalue weighted by atomic mass is 32.1. The predicted molar refractivity (Wildman–Crippen MR) is 269 cm³/mol. The summed E-state index contributed by atoms with van der Waals surface area (Å²) in [5, 5.41) is 10.4. The number of fused-ring (bicyclic) bond motifs is 7. The van der Waals surface area contributed by atoms with Gasteiger partial charge in [0.25, 0.3) is 0 Å². The number of rotatable bonds is 7. The number of hydrogen-bond acceptors (Lipinski definition) is 2. The normalized spacial score (nSPS) is 13.4. The number of hydrogen-bond donors (Lipinski definition) is 0. The molecule has 11 aromatic rings. The summed E-state index contributed by atoms with van der Waals surface area (Å²) in [6.45, 7) is 0. The molecule has 0 saturated heterocycles. The van der Waals surface area contributed by atoms with Gasteiger partial charge in [0.1, 0.15) is 0 Å². The molecule has 10 aromatic carbocycles. The Kier molecular flexibility index (Phi) is 9.19. The van der Waals surface area contributed by atoms with Crippen molar-refractivity contribution >= 4 is 80.9 Å². The van der Waals surface area contributed by atoms with E-state index in [1.807, 2.05) is 11.3 Å². The average Bonchev–Trinajstić information content (AvgIpc) is 3.74. The summed E-state index contributed by atoms with van der Waals surface area (Å²) in [5.74, 6) is 0.581. The summed E-state index contributed by atoms with van der Waals surface area (Å²) in [7, 11) is 0. The van der Waals surface area contributed by atoms with Crippen LogP contribution in [0.1, 0.15) is 43.6 Å². The highest BCUT2D eigenvalue weighted by molar-refractivity contribution is 7.25. The lowest BCUT2D eigenvalue weighted by molar-refractivity contribution is 0.445. The summed E-state index contributed by atoms with van der Waals surface area (Å²) in [6, 6.07) is 77.1. The third kappa shape index (κ3) is 6.20. The molecule has 0 radical (unpaired) electrons. The number of nitrogens with zero attached hydrogens (tertiary/aromatic N) is 1. The van der Waals surface area contributed by atoms with Crippen LogP contribution in [-0.4, -0.2) is 0 Å². The third-order valence-electron chi connectivity index (χ3n) is 13.5. The summed E-state index contributed by atoms with van der Waals surface area (Å²) in [5.41, 5.74) is 12.4. The number of anilines is 3. The highest BCUT2D eigenvalue weighted by Crippen LogP contribution is 2.49. The first-order valence-electron chi connectivity index (χ1n) is 22.2. The van der Waals surface area contributed by atoms with Gasteiger partial charge in [0.05, 0.1) is 11.4 Å². The average molecular weight is 812 g/mol. The van der Waals surface area contributed by atoms with Gasteiger partial charge in [-0.3, -0.25) is 0 Å². The maximum absolute atomic E-state index is 2.52. The molecule has 0 unspecified atom stereocenters. The van der Waals surface area contributed by atoms with Gasteiger partial charge in [-0.25, -0.2) is 0 Å². The summed E-state index contributed by atoms with van der Waals surface area (Å²) in [6.07, 6.45) is 6.48. The monoisotopic (exact) mass is 811 g/mol. The Balaban J connectivity index is 1.09. The first-order valence-corrected chi connectivity index (χ1v) is 23.0. The summed E-state index contributed by atoms with van der Waals surface area (Å²) < 4.78 is 2.65. The van der Waals surface area contributed by atoms with Gasteiger partial charge in [-0.15, -0.1) is 11.3 Å². The van der Waals surface area contributed by atoms with Crippen molar-refractivity contribution in [2.45, 2.75) is 38.0 Å². The van der Waals surface area contributed by atoms with E-state index in [0.717, 1.165) is 17.1 Å². The molecule has 12 rings (SSSR count). The van der Waals surface area contributed by atoms with Crippen LogP contribution in [0, 0.1) is 0 Å². The van der Waals surface area contributed by atoms with Gasteiger partial charge in [-0.05, 0) is 115 Å².